The van der Waals surface area contributed by atoms with Gasteiger partial charge in [-0.2, -0.15) is 0 Å². The summed E-state index contributed by atoms with van der Waals surface area (Å²) in [4.78, 5) is 4.17. The molecule has 0 atom stereocenters. The van der Waals surface area contributed by atoms with E-state index >= 15 is 0 Å². The van der Waals surface area contributed by atoms with Gasteiger partial charge in [0.05, 0.1) is 5.69 Å². The molecule has 3 rings (SSSR count). The SMILES string of the molecule is Cc1ccnc(Oc2ccc3cc(Br)ccc3c2)c1N. The van der Waals surface area contributed by atoms with Crippen LogP contribution in [0.25, 0.3) is 10.8 Å². The van der Waals surface area contributed by atoms with E-state index in [2.05, 4.69) is 27.0 Å². The van der Waals surface area contributed by atoms with Gasteiger partial charge in [-0.05, 0) is 53.6 Å². The van der Waals surface area contributed by atoms with Crippen LogP contribution in [-0.2, 0) is 0 Å². The first-order valence-electron chi connectivity index (χ1n) is 6.22. The molecule has 4 heteroatoms. The molecule has 0 aliphatic carbocycles. The van der Waals surface area contributed by atoms with Crippen LogP contribution in [0.2, 0.25) is 0 Å². The van der Waals surface area contributed by atoms with E-state index in [9.17, 15) is 0 Å². The third-order valence-electron chi connectivity index (χ3n) is 3.16. The second-order valence-corrected chi connectivity index (χ2v) is 5.52. The molecule has 20 heavy (non-hydrogen) atoms. The normalized spacial score (nSPS) is 10.7. The van der Waals surface area contributed by atoms with Gasteiger partial charge in [-0.25, -0.2) is 4.98 Å². The molecule has 3 aromatic rings. The fourth-order valence-electron chi connectivity index (χ4n) is 2.00. The maximum Gasteiger partial charge on any atom is 0.242 e. The second kappa shape index (κ2) is 5.13. The lowest BCUT2D eigenvalue weighted by Gasteiger charge is -2.09. The average molecular weight is 329 g/mol. The van der Waals surface area contributed by atoms with Crippen molar-refractivity contribution in [3.05, 3.63) is 58.7 Å². The van der Waals surface area contributed by atoms with E-state index in [1.807, 2.05) is 43.3 Å². The number of hydrogen-bond donors (Lipinski definition) is 1. The Morgan fingerprint density at radius 1 is 1.05 bits per heavy atom. The molecule has 0 radical (unpaired) electrons. The van der Waals surface area contributed by atoms with Crippen LogP contribution in [0.1, 0.15) is 5.56 Å². The molecule has 0 amide bonds. The van der Waals surface area contributed by atoms with Gasteiger partial charge in [0.15, 0.2) is 0 Å². The average Bonchev–Trinajstić information content (AvgIpc) is 2.44. The molecule has 0 spiro atoms. The minimum Gasteiger partial charge on any atom is -0.437 e. The number of aryl methyl sites for hydroxylation is 1. The predicted molar refractivity (Wildman–Crippen MR) is 85.1 cm³/mol. The number of anilines is 1. The van der Waals surface area contributed by atoms with Crippen molar-refractivity contribution in [2.45, 2.75) is 6.92 Å². The molecule has 0 aliphatic heterocycles. The Bertz CT molecular complexity index is 787. The van der Waals surface area contributed by atoms with E-state index in [-0.39, 0.29) is 0 Å². The number of nitrogens with zero attached hydrogens (tertiary/aromatic N) is 1. The number of fused-ring (bicyclic) bond motifs is 1. The quantitative estimate of drug-likeness (QED) is 0.742. The monoisotopic (exact) mass is 328 g/mol. The first kappa shape index (κ1) is 12.9. The smallest absolute Gasteiger partial charge is 0.242 e. The first-order valence-corrected chi connectivity index (χ1v) is 7.01. The first-order chi connectivity index (χ1) is 9.63. The summed E-state index contributed by atoms with van der Waals surface area (Å²) in [5.41, 5.74) is 7.50. The molecular weight excluding hydrogens is 316 g/mol. The van der Waals surface area contributed by atoms with Crippen molar-refractivity contribution in [1.29, 1.82) is 0 Å². The molecule has 3 nitrogen and oxygen atoms in total. The molecule has 0 fully saturated rings. The van der Waals surface area contributed by atoms with Crippen molar-refractivity contribution in [3.8, 4) is 11.6 Å². The summed E-state index contributed by atoms with van der Waals surface area (Å²) in [6.45, 7) is 1.93. The van der Waals surface area contributed by atoms with Gasteiger partial charge in [-0.3, -0.25) is 0 Å². The van der Waals surface area contributed by atoms with Crippen molar-refractivity contribution in [1.82, 2.24) is 4.98 Å². The van der Waals surface area contributed by atoms with Gasteiger partial charge < -0.3 is 10.5 Å². The lowest BCUT2D eigenvalue weighted by Crippen LogP contribution is -1.97. The van der Waals surface area contributed by atoms with E-state index in [0.717, 1.165) is 26.6 Å². The van der Waals surface area contributed by atoms with Gasteiger partial charge in [-0.15, -0.1) is 0 Å². The van der Waals surface area contributed by atoms with Crippen molar-refractivity contribution < 1.29 is 4.74 Å². The van der Waals surface area contributed by atoms with Crippen LogP contribution >= 0.6 is 15.9 Å². The zero-order valence-corrected chi connectivity index (χ0v) is 12.5. The van der Waals surface area contributed by atoms with E-state index in [0.29, 0.717) is 11.6 Å². The summed E-state index contributed by atoms with van der Waals surface area (Å²) in [7, 11) is 0. The van der Waals surface area contributed by atoms with Crippen LogP contribution in [0.3, 0.4) is 0 Å². The van der Waals surface area contributed by atoms with Gasteiger partial charge in [0.25, 0.3) is 0 Å². The van der Waals surface area contributed by atoms with Crippen LogP contribution < -0.4 is 10.5 Å². The maximum absolute atomic E-state index is 5.97. The molecular formula is C16H13BrN2O. The topological polar surface area (TPSA) is 48.1 Å². The summed E-state index contributed by atoms with van der Waals surface area (Å²) < 4.78 is 6.84. The number of aromatic nitrogens is 1. The zero-order chi connectivity index (χ0) is 14.1. The highest BCUT2D eigenvalue weighted by Gasteiger charge is 2.06. The molecule has 0 unspecified atom stereocenters. The number of pyridine rings is 1. The maximum atomic E-state index is 5.97. The summed E-state index contributed by atoms with van der Waals surface area (Å²) in [6.07, 6.45) is 1.69. The Morgan fingerprint density at radius 2 is 1.80 bits per heavy atom. The molecule has 1 aromatic heterocycles. The van der Waals surface area contributed by atoms with Gasteiger partial charge in [-0.1, -0.05) is 28.1 Å². The number of ether oxygens (including phenoxy) is 1. The molecule has 0 bridgehead atoms. The summed E-state index contributed by atoms with van der Waals surface area (Å²) in [5, 5.41) is 2.26. The van der Waals surface area contributed by atoms with Crippen LogP contribution in [-0.4, -0.2) is 4.98 Å². The van der Waals surface area contributed by atoms with Crippen molar-refractivity contribution in [2.75, 3.05) is 5.73 Å². The number of nitrogen functional groups attached to an aromatic ring is 1. The molecule has 2 N–H and O–H groups in total. The lowest BCUT2D eigenvalue weighted by atomic mass is 10.1. The molecule has 0 saturated heterocycles. The van der Waals surface area contributed by atoms with Gasteiger partial charge in [0, 0.05) is 10.7 Å². The van der Waals surface area contributed by atoms with Crippen molar-refractivity contribution in [3.63, 3.8) is 0 Å². The minimum absolute atomic E-state index is 0.446. The largest absolute Gasteiger partial charge is 0.437 e. The number of nitrogens with two attached hydrogens (primary N) is 1. The van der Waals surface area contributed by atoms with Crippen LogP contribution in [0, 0.1) is 6.92 Å². The highest BCUT2D eigenvalue weighted by Crippen LogP contribution is 2.30. The molecule has 1 heterocycles. The number of halogens is 1. The second-order valence-electron chi connectivity index (χ2n) is 4.60. The van der Waals surface area contributed by atoms with Crippen LogP contribution in [0.15, 0.2) is 53.1 Å². The number of benzene rings is 2. The number of hydrogen-bond acceptors (Lipinski definition) is 3. The number of rotatable bonds is 2. The van der Waals surface area contributed by atoms with Crippen molar-refractivity contribution >= 4 is 32.4 Å². The Morgan fingerprint density at radius 3 is 2.65 bits per heavy atom. The third kappa shape index (κ3) is 2.47. The molecule has 0 aliphatic rings. The van der Waals surface area contributed by atoms with Crippen LogP contribution in [0.4, 0.5) is 5.69 Å². The molecule has 0 saturated carbocycles. The Balaban J connectivity index is 1.99. The van der Waals surface area contributed by atoms with E-state index in [4.69, 9.17) is 10.5 Å². The summed E-state index contributed by atoms with van der Waals surface area (Å²) in [6, 6.07) is 13.9. The van der Waals surface area contributed by atoms with E-state index < -0.39 is 0 Å². The Hall–Kier alpha value is -2.07. The van der Waals surface area contributed by atoms with Crippen LogP contribution in [0.5, 0.6) is 11.6 Å². The van der Waals surface area contributed by atoms with Gasteiger partial charge in [0.1, 0.15) is 5.75 Å². The van der Waals surface area contributed by atoms with Gasteiger partial charge >= 0.3 is 0 Å². The Kier molecular flexibility index (Phi) is 3.32. The van der Waals surface area contributed by atoms with Crippen molar-refractivity contribution in [2.24, 2.45) is 0 Å². The van der Waals surface area contributed by atoms with E-state index in [1.165, 1.54) is 0 Å². The molecule has 2 aromatic carbocycles. The third-order valence-corrected chi connectivity index (χ3v) is 3.65. The lowest BCUT2D eigenvalue weighted by molar-refractivity contribution is 0.466. The van der Waals surface area contributed by atoms with Gasteiger partial charge in [0.2, 0.25) is 5.88 Å². The highest BCUT2D eigenvalue weighted by atomic mass is 79.9. The zero-order valence-electron chi connectivity index (χ0n) is 10.9. The molecule has 100 valence electrons. The highest BCUT2D eigenvalue weighted by molar-refractivity contribution is 9.10. The van der Waals surface area contributed by atoms with E-state index in [1.54, 1.807) is 6.20 Å². The fraction of sp³-hybridized carbons (Fsp3) is 0.0625. The summed E-state index contributed by atoms with van der Waals surface area (Å²) in [5.74, 6) is 1.17. The predicted octanol–water partition coefficient (Wildman–Crippen LogP) is 4.68. The summed E-state index contributed by atoms with van der Waals surface area (Å²) >= 11 is 3.46. The minimum atomic E-state index is 0.446. The standard InChI is InChI=1S/C16H13BrN2O/c1-10-6-7-19-16(15(10)18)20-14-5-3-11-8-13(17)4-2-12(11)9-14/h2-9H,18H2,1H3. The fourth-order valence-corrected chi connectivity index (χ4v) is 2.37. The Labute approximate surface area is 125 Å².